The standard InChI is InChI=1S/C26H32O12/c1-34-18-8-13(3-5-16(18)28)7-15-12-36-25(33)26(15,10-14-4-6-17(29)19(9-14)35-2)38-24-23(32)22(31)21(30)20(11-27)37-24/h3-6,8-9,15,20-24,27-32H,7,10-12H2,1-2H3. The van der Waals surface area contributed by atoms with Crippen LogP contribution in [0.5, 0.6) is 23.0 Å². The zero-order chi connectivity index (χ0) is 27.6. The van der Waals surface area contributed by atoms with Gasteiger partial charge >= 0.3 is 5.97 Å². The number of methoxy groups -OCH3 is 2. The van der Waals surface area contributed by atoms with Crippen LogP contribution in [0.1, 0.15) is 11.1 Å². The fraction of sp³-hybridized carbons (Fsp3) is 0.500. The largest absolute Gasteiger partial charge is 0.504 e. The molecule has 2 aliphatic heterocycles. The molecule has 0 bridgehead atoms. The topological polar surface area (TPSA) is 185 Å². The van der Waals surface area contributed by atoms with E-state index in [1.807, 2.05) is 0 Å². The van der Waals surface area contributed by atoms with Crippen LogP contribution in [0.2, 0.25) is 0 Å². The maximum Gasteiger partial charge on any atom is 0.339 e. The summed E-state index contributed by atoms with van der Waals surface area (Å²) in [5, 5.41) is 60.7. The molecule has 6 N–H and O–H groups in total. The molecule has 208 valence electrons. The van der Waals surface area contributed by atoms with E-state index in [2.05, 4.69) is 0 Å². The molecule has 0 saturated carbocycles. The third kappa shape index (κ3) is 5.23. The van der Waals surface area contributed by atoms with Gasteiger partial charge in [-0.15, -0.1) is 0 Å². The smallest absolute Gasteiger partial charge is 0.339 e. The summed E-state index contributed by atoms with van der Waals surface area (Å²) in [7, 11) is 2.79. The van der Waals surface area contributed by atoms with Crippen LogP contribution in [0.15, 0.2) is 36.4 Å². The van der Waals surface area contributed by atoms with Gasteiger partial charge in [0.25, 0.3) is 0 Å². The Morgan fingerprint density at radius 3 is 2.13 bits per heavy atom. The van der Waals surface area contributed by atoms with Gasteiger partial charge in [-0.1, -0.05) is 12.1 Å². The number of hydrogen-bond donors (Lipinski definition) is 6. The van der Waals surface area contributed by atoms with E-state index in [0.29, 0.717) is 11.1 Å². The van der Waals surface area contributed by atoms with Crippen molar-refractivity contribution in [2.75, 3.05) is 27.4 Å². The fourth-order valence-electron chi connectivity index (χ4n) is 4.87. The van der Waals surface area contributed by atoms with Crippen molar-refractivity contribution in [1.82, 2.24) is 0 Å². The Morgan fingerprint density at radius 1 is 0.921 bits per heavy atom. The van der Waals surface area contributed by atoms with Crippen molar-refractivity contribution < 1.29 is 59.1 Å². The van der Waals surface area contributed by atoms with Gasteiger partial charge in [-0.05, 0) is 41.8 Å². The molecule has 0 radical (unpaired) electrons. The van der Waals surface area contributed by atoms with Gasteiger partial charge in [-0.2, -0.15) is 0 Å². The second kappa shape index (κ2) is 11.3. The molecule has 0 amide bonds. The molecule has 4 rings (SSSR count). The van der Waals surface area contributed by atoms with Crippen molar-refractivity contribution in [3.8, 4) is 23.0 Å². The zero-order valence-corrected chi connectivity index (χ0v) is 20.9. The lowest BCUT2D eigenvalue weighted by atomic mass is 9.80. The summed E-state index contributed by atoms with van der Waals surface area (Å²) in [5.74, 6) is -1.18. The average Bonchev–Trinajstić information content (AvgIpc) is 3.20. The average molecular weight is 537 g/mol. The van der Waals surface area contributed by atoms with Crippen LogP contribution in [0.3, 0.4) is 0 Å². The minimum Gasteiger partial charge on any atom is -0.504 e. The van der Waals surface area contributed by atoms with Crippen molar-refractivity contribution in [2.45, 2.75) is 49.1 Å². The number of hydrogen-bond acceptors (Lipinski definition) is 12. The molecule has 7 atom stereocenters. The molecule has 0 aromatic heterocycles. The molecule has 7 unspecified atom stereocenters. The molecule has 2 fully saturated rings. The number of carbonyl (C=O) groups is 1. The Labute approximate surface area is 218 Å². The van der Waals surface area contributed by atoms with E-state index in [9.17, 15) is 35.4 Å². The number of phenols is 2. The third-order valence-electron chi connectivity index (χ3n) is 7.03. The number of phenolic OH excluding ortho intramolecular Hbond substituents is 2. The molecule has 0 spiro atoms. The number of carbonyl (C=O) groups excluding carboxylic acids is 1. The summed E-state index contributed by atoms with van der Waals surface area (Å²) in [6.45, 7) is -0.733. The maximum atomic E-state index is 13.4. The van der Waals surface area contributed by atoms with E-state index < -0.39 is 54.8 Å². The molecular weight excluding hydrogens is 504 g/mol. The lowest BCUT2D eigenvalue weighted by Crippen LogP contribution is -2.62. The third-order valence-corrected chi connectivity index (χ3v) is 7.03. The molecule has 0 aliphatic carbocycles. The van der Waals surface area contributed by atoms with Crippen LogP contribution in [-0.2, 0) is 31.8 Å². The van der Waals surface area contributed by atoms with Crippen molar-refractivity contribution in [1.29, 1.82) is 0 Å². The zero-order valence-electron chi connectivity index (χ0n) is 20.9. The highest BCUT2D eigenvalue weighted by Gasteiger charge is 2.57. The van der Waals surface area contributed by atoms with Gasteiger partial charge in [-0.3, -0.25) is 0 Å². The summed E-state index contributed by atoms with van der Waals surface area (Å²) in [6, 6.07) is 9.22. The first-order chi connectivity index (χ1) is 18.1. The Kier molecular flexibility index (Phi) is 8.31. The first kappa shape index (κ1) is 27.9. The lowest BCUT2D eigenvalue weighted by Gasteiger charge is -2.43. The fourth-order valence-corrected chi connectivity index (χ4v) is 4.87. The molecule has 2 aliphatic rings. The van der Waals surface area contributed by atoms with E-state index in [0.717, 1.165) is 0 Å². The minimum absolute atomic E-state index is 0.0602. The second-order valence-electron chi connectivity index (χ2n) is 9.39. The lowest BCUT2D eigenvalue weighted by molar-refractivity contribution is -0.325. The summed E-state index contributed by atoms with van der Waals surface area (Å²) >= 11 is 0. The van der Waals surface area contributed by atoms with Gasteiger partial charge in [0.05, 0.1) is 27.4 Å². The van der Waals surface area contributed by atoms with Crippen LogP contribution >= 0.6 is 0 Å². The highest BCUT2D eigenvalue weighted by Crippen LogP contribution is 2.41. The highest BCUT2D eigenvalue weighted by molar-refractivity contribution is 5.83. The van der Waals surface area contributed by atoms with Crippen LogP contribution < -0.4 is 9.47 Å². The Bertz CT molecular complexity index is 1140. The van der Waals surface area contributed by atoms with Gasteiger partial charge < -0.3 is 54.3 Å². The predicted octanol–water partition coefficient (Wildman–Crippen LogP) is -0.371. The predicted molar refractivity (Wildman–Crippen MR) is 129 cm³/mol. The van der Waals surface area contributed by atoms with Crippen molar-refractivity contribution in [3.05, 3.63) is 47.5 Å². The van der Waals surface area contributed by atoms with Crippen LogP contribution in [0, 0.1) is 5.92 Å². The number of aliphatic hydroxyl groups is 4. The number of aliphatic hydroxyl groups excluding tert-OH is 4. The quantitative estimate of drug-likeness (QED) is 0.229. The summed E-state index contributed by atoms with van der Waals surface area (Å²) < 4.78 is 27.6. The second-order valence-corrected chi connectivity index (χ2v) is 9.39. The van der Waals surface area contributed by atoms with Crippen molar-refractivity contribution in [2.24, 2.45) is 5.92 Å². The monoisotopic (exact) mass is 536 g/mol. The number of rotatable bonds is 9. The Hall–Kier alpha value is -3.13. The summed E-state index contributed by atoms with van der Waals surface area (Å²) in [4.78, 5) is 13.4. The molecule has 12 heteroatoms. The van der Waals surface area contributed by atoms with E-state index in [1.54, 1.807) is 18.2 Å². The highest BCUT2D eigenvalue weighted by atomic mass is 16.7. The van der Waals surface area contributed by atoms with E-state index >= 15 is 0 Å². The number of aromatic hydroxyl groups is 2. The first-order valence-corrected chi connectivity index (χ1v) is 12.0. The normalized spacial score (nSPS) is 31.2. The Balaban J connectivity index is 1.73. The van der Waals surface area contributed by atoms with Gasteiger partial charge in [-0.25, -0.2) is 4.79 Å². The van der Waals surface area contributed by atoms with E-state index in [1.165, 1.54) is 32.4 Å². The molecule has 12 nitrogen and oxygen atoms in total. The van der Waals surface area contributed by atoms with Gasteiger partial charge in [0.2, 0.25) is 0 Å². The van der Waals surface area contributed by atoms with Crippen LogP contribution in [-0.4, -0.2) is 100 Å². The van der Waals surface area contributed by atoms with E-state index in [4.69, 9.17) is 23.7 Å². The number of benzene rings is 2. The molecule has 2 heterocycles. The molecule has 2 saturated heterocycles. The van der Waals surface area contributed by atoms with Crippen molar-refractivity contribution >= 4 is 5.97 Å². The van der Waals surface area contributed by atoms with E-state index in [-0.39, 0.29) is 42.4 Å². The number of esters is 1. The first-order valence-electron chi connectivity index (χ1n) is 12.0. The van der Waals surface area contributed by atoms with Gasteiger partial charge in [0.1, 0.15) is 24.4 Å². The number of cyclic esters (lactones) is 1. The maximum absolute atomic E-state index is 13.4. The molecule has 2 aromatic carbocycles. The molecular formula is C26H32O12. The summed E-state index contributed by atoms with van der Waals surface area (Å²) in [5.41, 5.74) is -0.551. The number of ether oxygens (including phenoxy) is 5. The minimum atomic E-state index is -1.76. The van der Waals surface area contributed by atoms with Gasteiger partial charge in [0.15, 0.2) is 34.9 Å². The van der Waals surface area contributed by atoms with Crippen molar-refractivity contribution in [3.63, 3.8) is 0 Å². The van der Waals surface area contributed by atoms with Gasteiger partial charge in [0, 0.05) is 12.3 Å². The van der Waals surface area contributed by atoms with Crippen LogP contribution in [0.4, 0.5) is 0 Å². The summed E-state index contributed by atoms with van der Waals surface area (Å²) in [6.07, 6.45) is -7.81. The SMILES string of the molecule is COc1cc(CC2COC(=O)C2(Cc2ccc(O)c(OC)c2)OC2OC(CO)C(O)C(O)C2O)ccc1O. The molecule has 38 heavy (non-hydrogen) atoms. The van der Waals surface area contributed by atoms with Crippen LogP contribution in [0.25, 0.3) is 0 Å². The Morgan fingerprint density at radius 2 is 1.53 bits per heavy atom. The molecule has 2 aromatic rings.